The lowest BCUT2D eigenvalue weighted by Gasteiger charge is -2.34. The molecule has 7 nitrogen and oxygen atoms in total. The first-order valence-corrected chi connectivity index (χ1v) is 10.2. The van der Waals surface area contributed by atoms with E-state index in [1.54, 1.807) is 26.0 Å². The van der Waals surface area contributed by atoms with Crippen molar-refractivity contribution in [1.82, 2.24) is 20.4 Å². The van der Waals surface area contributed by atoms with Crippen molar-refractivity contribution in [2.45, 2.75) is 31.7 Å². The molecule has 1 aliphatic carbocycles. The van der Waals surface area contributed by atoms with Gasteiger partial charge in [0.15, 0.2) is 5.96 Å². The molecule has 1 heterocycles. The van der Waals surface area contributed by atoms with Crippen molar-refractivity contribution in [1.29, 1.82) is 0 Å². The van der Waals surface area contributed by atoms with E-state index in [0.29, 0.717) is 17.9 Å². The molecule has 8 heteroatoms. The van der Waals surface area contributed by atoms with Crippen LogP contribution in [0, 0.1) is 5.92 Å². The minimum atomic E-state index is 0.0111. The van der Waals surface area contributed by atoms with Crippen LogP contribution in [0.25, 0.3) is 0 Å². The van der Waals surface area contributed by atoms with Crippen LogP contribution in [0.4, 0.5) is 0 Å². The molecule has 2 fully saturated rings. The van der Waals surface area contributed by atoms with Crippen molar-refractivity contribution in [2.75, 3.05) is 52.3 Å². The van der Waals surface area contributed by atoms with Crippen LogP contribution >= 0.6 is 11.8 Å². The highest BCUT2D eigenvalue weighted by Gasteiger charge is 2.30. The molecule has 0 spiro atoms. The number of thioether (sulfide) groups is 1. The first-order chi connectivity index (χ1) is 12.0. The molecule has 1 aliphatic heterocycles. The topological polar surface area (TPSA) is 77.0 Å². The first kappa shape index (κ1) is 19.9. The Kier molecular flexibility index (Phi) is 7.87. The number of hydrogen-bond acceptors (Lipinski definition) is 4. The average molecular weight is 370 g/mol. The van der Waals surface area contributed by atoms with Crippen LogP contribution in [0.3, 0.4) is 0 Å². The molecule has 2 rings (SSSR count). The van der Waals surface area contributed by atoms with E-state index >= 15 is 0 Å². The summed E-state index contributed by atoms with van der Waals surface area (Å²) in [7, 11) is 5.18. The highest BCUT2D eigenvalue weighted by Crippen LogP contribution is 2.27. The second-order valence-corrected chi connectivity index (χ2v) is 8.07. The van der Waals surface area contributed by atoms with Crippen LogP contribution < -0.4 is 10.6 Å². The number of nitrogens with zero attached hydrogens (tertiary/aromatic N) is 3. The van der Waals surface area contributed by atoms with E-state index in [9.17, 15) is 9.59 Å². The van der Waals surface area contributed by atoms with Gasteiger partial charge in [0.1, 0.15) is 0 Å². The maximum absolute atomic E-state index is 12.6. The van der Waals surface area contributed by atoms with Gasteiger partial charge < -0.3 is 20.4 Å². The number of likely N-dealkylation sites (N-methyl/N-ethyl adjacent to an activating group) is 1. The van der Waals surface area contributed by atoms with Crippen molar-refractivity contribution >= 4 is 29.5 Å². The second kappa shape index (κ2) is 9.89. The minimum absolute atomic E-state index is 0.0111. The predicted molar refractivity (Wildman–Crippen MR) is 103 cm³/mol. The summed E-state index contributed by atoms with van der Waals surface area (Å²) in [4.78, 5) is 32.0. The third-order valence-corrected chi connectivity index (χ3v) is 5.81. The zero-order valence-corrected chi connectivity index (χ0v) is 16.4. The second-order valence-electron chi connectivity index (χ2n) is 6.84. The van der Waals surface area contributed by atoms with Gasteiger partial charge in [-0.15, -0.1) is 0 Å². The summed E-state index contributed by atoms with van der Waals surface area (Å²) in [6.45, 7) is 2.03. The molecule has 0 radical (unpaired) electrons. The number of amides is 2. The fourth-order valence-electron chi connectivity index (χ4n) is 3.23. The van der Waals surface area contributed by atoms with E-state index in [1.165, 1.54) is 0 Å². The van der Waals surface area contributed by atoms with Gasteiger partial charge in [-0.05, 0) is 25.7 Å². The standard InChI is InChI=1S/C17H31N5O2S/c1-18-17(19-12-15(23)21(2)3)20-14-6-4-13(5-7-14)16(24)22-8-10-25-11-9-22/h13-14H,4-12H2,1-3H3,(H2,18,19,20). The van der Waals surface area contributed by atoms with Gasteiger partial charge >= 0.3 is 0 Å². The summed E-state index contributed by atoms with van der Waals surface area (Å²) in [6.07, 6.45) is 3.77. The van der Waals surface area contributed by atoms with Crippen molar-refractivity contribution in [3.8, 4) is 0 Å². The molecule has 0 aromatic rings. The smallest absolute Gasteiger partial charge is 0.241 e. The van der Waals surface area contributed by atoms with Gasteiger partial charge in [0.05, 0.1) is 6.54 Å². The normalized spacial score (nSPS) is 24.6. The Bertz CT molecular complexity index is 483. The minimum Gasteiger partial charge on any atom is -0.354 e. The van der Waals surface area contributed by atoms with E-state index in [0.717, 1.165) is 50.3 Å². The number of nitrogens with one attached hydrogen (secondary N) is 2. The number of rotatable bonds is 4. The Labute approximate surface area is 155 Å². The summed E-state index contributed by atoms with van der Waals surface area (Å²) in [5.74, 6) is 3.31. The van der Waals surface area contributed by atoms with Gasteiger partial charge in [-0.1, -0.05) is 0 Å². The Morgan fingerprint density at radius 2 is 1.80 bits per heavy atom. The Hall–Kier alpha value is -1.44. The summed E-state index contributed by atoms with van der Waals surface area (Å²) in [6, 6.07) is 0.307. The summed E-state index contributed by atoms with van der Waals surface area (Å²) < 4.78 is 0. The zero-order valence-electron chi connectivity index (χ0n) is 15.6. The zero-order chi connectivity index (χ0) is 18.2. The summed E-state index contributed by atoms with van der Waals surface area (Å²) in [5, 5.41) is 6.43. The maximum atomic E-state index is 12.6. The quantitative estimate of drug-likeness (QED) is 0.553. The van der Waals surface area contributed by atoms with Gasteiger partial charge in [0, 0.05) is 57.7 Å². The van der Waals surface area contributed by atoms with Gasteiger partial charge in [-0.25, -0.2) is 0 Å². The lowest BCUT2D eigenvalue weighted by molar-refractivity contribution is -0.136. The van der Waals surface area contributed by atoms with Gasteiger partial charge in [-0.3, -0.25) is 14.6 Å². The van der Waals surface area contributed by atoms with Crippen molar-refractivity contribution in [2.24, 2.45) is 10.9 Å². The molecule has 142 valence electrons. The molecule has 25 heavy (non-hydrogen) atoms. The number of guanidine groups is 1. The lowest BCUT2D eigenvalue weighted by Crippen LogP contribution is -2.48. The summed E-state index contributed by atoms with van der Waals surface area (Å²) >= 11 is 1.93. The molecule has 0 aromatic carbocycles. The van der Waals surface area contributed by atoms with E-state index in [-0.39, 0.29) is 18.4 Å². The average Bonchev–Trinajstić information content (AvgIpc) is 2.65. The van der Waals surface area contributed by atoms with Crippen LogP contribution in [0.15, 0.2) is 4.99 Å². The molecular formula is C17H31N5O2S. The fourth-order valence-corrected chi connectivity index (χ4v) is 4.14. The van der Waals surface area contributed by atoms with Crippen LogP contribution in [0.1, 0.15) is 25.7 Å². The highest BCUT2D eigenvalue weighted by molar-refractivity contribution is 7.99. The van der Waals surface area contributed by atoms with Crippen LogP contribution in [-0.2, 0) is 9.59 Å². The molecule has 2 aliphatic rings. The molecule has 2 amide bonds. The fraction of sp³-hybridized carbons (Fsp3) is 0.824. The van der Waals surface area contributed by atoms with Crippen molar-refractivity contribution in [3.63, 3.8) is 0 Å². The monoisotopic (exact) mass is 369 g/mol. The van der Waals surface area contributed by atoms with Gasteiger partial charge in [-0.2, -0.15) is 11.8 Å². The molecule has 2 N–H and O–H groups in total. The van der Waals surface area contributed by atoms with Crippen LogP contribution in [-0.4, -0.2) is 85.9 Å². The SMILES string of the molecule is CN=C(NCC(=O)N(C)C)NC1CCC(C(=O)N2CCSCC2)CC1. The number of carbonyl (C=O) groups excluding carboxylic acids is 2. The molecule has 1 saturated carbocycles. The molecule has 0 unspecified atom stereocenters. The third kappa shape index (κ3) is 6.09. The van der Waals surface area contributed by atoms with E-state index < -0.39 is 0 Å². The summed E-state index contributed by atoms with van der Waals surface area (Å²) in [5.41, 5.74) is 0. The molecular weight excluding hydrogens is 338 g/mol. The van der Waals surface area contributed by atoms with Crippen LogP contribution in [0.5, 0.6) is 0 Å². The third-order valence-electron chi connectivity index (χ3n) is 4.87. The first-order valence-electron chi connectivity index (χ1n) is 9.05. The Morgan fingerprint density at radius 1 is 1.16 bits per heavy atom. The molecule has 1 saturated heterocycles. The molecule has 0 bridgehead atoms. The predicted octanol–water partition coefficient (Wildman–Crippen LogP) is 0.374. The van der Waals surface area contributed by atoms with Gasteiger partial charge in [0.2, 0.25) is 11.8 Å². The van der Waals surface area contributed by atoms with E-state index in [2.05, 4.69) is 15.6 Å². The highest BCUT2D eigenvalue weighted by atomic mass is 32.2. The molecule has 0 aromatic heterocycles. The van der Waals surface area contributed by atoms with Crippen LogP contribution in [0.2, 0.25) is 0 Å². The van der Waals surface area contributed by atoms with Crippen molar-refractivity contribution in [3.05, 3.63) is 0 Å². The Morgan fingerprint density at radius 3 is 2.36 bits per heavy atom. The molecule has 0 atom stereocenters. The largest absolute Gasteiger partial charge is 0.354 e. The maximum Gasteiger partial charge on any atom is 0.241 e. The number of carbonyl (C=O) groups is 2. The van der Waals surface area contributed by atoms with Crippen molar-refractivity contribution < 1.29 is 9.59 Å². The van der Waals surface area contributed by atoms with E-state index in [1.807, 2.05) is 16.7 Å². The lowest BCUT2D eigenvalue weighted by atomic mass is 9.85. The Balaban J connectivity index is 1.73. The number of hydrogen-bond donors (Lipinski definition) is 2. The number of aliphatic imine (C=N–C) groups is 1. The van der Waals surface area contributed by atoms with E-state index in [4.69, 9.17) is 0 Å². The van der Waals surface area contributed by atoms with Gasteiger partial charge in [0.25, 0.3) is 0 Å².